The minimum absolute atomic E-state index is 0.000446. The molecule has 0 aliphatic carbocycles. The van der Waals surface area contributed by atoms with E-state index < -0.39 is 18.5 Å². The summed E-state index contributed by atoms with van der Waals surface area (Å²) in [6, 6.07) is 15.9. The number of hydrogen-bond acceptors (Lipinski definition) is 7. The molecule has 144 valence electrons. The summed E-state index contributed by atoms with van der Waals surface area (Å²) in [5.41, 5.74) is 0.868. The molecule has 0 atom stereocenters. The summed E-state index contributed by atoms with van der Waals surface area (Å²) in [6.07, 6.45) is 0. The number of nitriles is 1. The number of ketones is 1. The van der Waals surface area contributed by atoms with E-state index in [2.05, 4.69) is 5.32 Å². The van der Waals surface area contributed by atoms with Gasteiger partial charge in [0.2, 0.25) is 0 Å². The molecule has 0 aliphatic heterocycles. The zero-order valence-corrected chi connectivity index (χ0v) is 16.8. The van der Waals surface area contributed by atoms with Crippen LogP contribution in [0.3, 0.4) is 0 Å². The number of carbonyl (C=O) groups is 3. The van der Waals surface area contributed by atoms with Crippen molar-refractivity contribution in [2.45, 2.75) is 16.7 Å². The number of nitrogens with one attached hydrogen (secondary N) is 1. The van der Waals surface area contributed by atoms with Crippen LogP contribution in [0.15, 0.2) is 58.3 Å². The van der Waals surface area contributed by atoms with Crippen molar-refractivity contribution in [2.75, 3.05) is 23.4 Å². The molecule has 28 heavy (non-hydrogen) atoms. The van der Waals surface area contributed by atoms with Gasteiger partial charge in [0, 0.05) is 9.79 Å². The number of nitrogens with zero attached hydrogens (tertiary/aromatic N) is 1. The topological polar surface area (TPSA) is 96.3 Å². The normalized spacial score (nSPS) is 10.0. The lowest BCUT2D eigenvalue weighted by molar-refractivity contribution is -0.119. The second-order valence-electron chi connectivity index (χ2n) is 5.55. The molecular weight excluding hydrogens is 396 g/mol. The lowest BCUT2D eigenvalue weighted by Gasteiger charge is -2.11. The lowest BCUT2D eigenvalue weighted by atomic mass is 10.2. The molecule has 0 radical (unpaired) electrons. The molecule has 2 rings (SSSR count). The van der Waals surface area contributed by atoms with E-state index in [1.165, 1.54) is 30.4 Å². The fourth-order valence-electron chi connectivity index (χ4n) is 2.14. The van der Waals surface area contributed by atoms with Gasteiger partial charge < -0.3 is 10.1 Å². The summed E-state index contributed by atoms with van der Waals surface area (Å²) < 4.78 is 5.12. The van der Waals surface area contributed by atoms with E-state index in [4.69, 9.17) is 10.00 Å². The van der Waals surface area contributed by atoms with Gasteiger partial charge in [-0.1, -0.05) is 24.3 Å². The zero-order chi connectivity index (χ0) is 20.4. The molecule has 6 nitrogen and oxygen atoms in total. The number of hydrogen-bond donors (Lipinski definition) is 1. The van der Waals surface area contributed by atoms with Crippen molar-refractivity contribution >= 4 is 46.9 Å². The van der Waals surface area contributed by atoms with Crippen LogP contribution in [0.1, 0.15) is 17.3 Å². The smallest absolute Gasteiger partial charge is 0.339 e. The molecule has 0 saturated heterocycles. The van der Waals surface area contributed by atoms with Gasteiger partial charge in [0.15, 0.2) is 6.61 Å². The highest BCUT2D eigenvalue weighted by atomic mass is 32.2. The van der Waals surface area contributed by atoms with Gasteiger partial charge in [-0.05, 0) is 31.2 Å². The monoisotopic (exact) mass is 414 g/mol. The highest BCUT2D eigenvalue weighted by molar-refractivity contribution is 8.00. The van der Waals surface area contributed by atoms with Crippen LogP contribution in [0.25, 0.3) is 0 Å². The fourth-order valence-corrected chi connectivity index (χ4v) is 3.65. The average molecular weight is 415 g/mol. The maximum atomic E-state index is 12.3. The number of Topliss-reactive ketones (excluding diaryl/α,β-unsaturated/α-hetero) is 1. The Morgan fingerprint density at radius 1 is 1.04 bits per heavy atom. The molecule has 1 amide bonds. The summed E-state index contributed by atoms with van der Waals surface area (Å²) in [6.45, 7) is 1.03. The van der Waals surface area contributed by atoms with Crippen molar-refractivity contribution in [3.05, 3.63) is 54.1 Å². The molecule has 0 fully saturated rings. The largest absolute Gasteiger partial charge is 0.452 e. The zero-order valence-electron chi connectivity index (χ0n) is 15.1. The Kier molecular flexibility index (Phi) is 8.59. The number of benzene rings is 2. The lowest BCUT2D eigenvalue weighted by Crippen LogP contribution is -2.21. The maximum absolute atomic E-state index is 12.3. The van der Waals surface area contributed by atoms with Crippen LogP contribution in [0.2, 0.25) is 0 Å². The molecule has 0 bridgehead atoms. The van der Waals surface area contributed by atoms with E-state index in [0.29, 0.717) is 16.1 Å². The average Bonchev–Trinajstić information content (AvgIpc) is 2.70. The van der Waals surface area contributed by atoms with Gasteiger partial charge >= 0.3 is 5.97 Å². The number of anilines is 1. The van der Waals surface area contributed by atoms with Crippen LogP contribution >= 0.6 is 23.5 Å². The molecule has 1 N–H and O–H groups in total. The molecule has 2 aromatic carbocycles. The first-order valence-electron chi connectivity index (χ1n) is 8.28. The molecule has 8 heteroatoms. The van der Waals surface area contributed by atoms with E-state index in [-0.39, 0.29) is 17.3 Å². The number of para-hydroxylation sites is 1. The van der Waals surface area contributed by atoms with E-state index >= 15 is 0 Å². The third kappa shape index (κ3) is 6.76. The first-order valence-corrected chi connectivity index (χ1v) is 10.3. The van der Waals surface area contributed by atoms with Crippen molar-refractivity contribution in [1.82, 2.24) is 0 Å². The number of thioether (sulfide) groups is 2. The molecule has 0 unspecified atom stereocenters. The van der Waals surface area contributed by atoms with Crippen LogP contribution in [0.5, 0.6) is 0 Å². The third-order valence-electron chi connectivity index (χ3n) is 3.33. The van der Waals surface area contributed by atoms with Gasteiger partial charge in [0.25, 0.3) is 5.91 Å². The SMILES string of the molecule is CC(=O)CSc1ccccc1C(=O)OCC(=O)Nc1ccccc1SCC#N. The van der Waals surface area contributed by atoms with Crippen LogP contribution < -0.4 is 5.32 Å². The van der Waals surface area contributed by atoms with E-state index in [9.17, 15) is 14.4 Å². The summed E-state index contributed by atoms with van der Waals surface area (Å²) >= 11 is 2.56. The van der Waals surface area contributed by atoms with Crippen LogP contribution in [-0.4, -0.2) is 35.8 Å². The number of carbonyl (C=O) groups excluding carboxylic acids is 3. The number of ether oxygens (including phenoxy) is 1. The van der Waals surface area contributed by atoms with Crippen LogP contribution in [-0.2, 0) is 14.3 Å². The minimum Gasteiger partial charge on any atom is -0.452 e. The minimum atomic E-state index is -0.631. The van der Waals surface area contributed by atoms with Gasteiger partial charge in [0.1, 0.15) is 5.78 Å². The first kappa shape index (κ1) is 21.5. The molecule has 0 aromatic heterocycles. The Morgan fingerprint density at radius 3 is 2.43 bits per heavy atom. The van der Waals surface area contributed by atoms with Crippen molar-refractivity contribution in [1.29, 1.82) is 5.26 Å². The first-order chi connectivity index (χ1) is 13.5. The van der Waals surface area contributed by atoms with Gasteiger partial charge in [-0.25, -0.2) is 4.79 Å². The van der Waals surface area contributed by atoms with Crippen molar-refractivity contribution < 1.29 is 19.1 Å². The quantitative estimate of drug-likeness (QED) is 0.493. The molecule has 0 saturated carbocycles. The van der Waals surface area contributed by atoms with Crippen LogP contribution in [0, 0.1) is 11.3 Å². The third-order valence-corrected chi connectivity index (χ3v) is 5.48. The van der Waals surface area contributed by atoms with Crippen molar-refractivity contribution in [3.63, 3.8) is 0 Å². The molecule has 0 aliphatic rings. The summed E-state index contributed by atoms with van der Waals surface area (Å²) in [4.78, 5) is 37.1. The van der Waals surface area contributed by atoms with Gasteiger partial charge in [-0.15, -0.1) is 23.5 Å². The second-order valence-corrected chi connectivity index (χ2v) is 7.59. The van der Waals surface area contributed by atoms with E-state index in [1.54, 1.807) is 42.5 Å². The summed E-state index contributed by atoms with van der Waals surface area (Å²) in [5, 5.41) is 11.4. The molecule has 0 spiro atoms. The Hall–Kier alpha value is -2.76. The van der Waals surface area contributed by atoms with Gasteiger partial charge in [-0.3, -0.25) is 9.59 Å². The van der Waals surface area contributed by atoms with Crippen molar-refractivity contribution in [3.8, 4) is 6.07 Å². The summed E-state index contributed by atoms with van der Waals surface area (Å²) in [7, 11) is 0. The highest BCUT2D eigenvalue weighted by Crippen LogP contribution is 2.26. The molecule has 2 aromatic rings. The molecule has 0 heterocycles. The Bertz CT molecular complexity index is 909. The number of rotatable bonds is 9. The predicted octanol–water partition coefficient (Wildman–Crippen LogP) is 3.78. The Labute approximate surface area is 171 Å². The number of amides is 1. The van der Waals surface area contributed by atoms with E-state index in [0.717, 1.165) is 4.90 Å². The highest BCUT2D eigenvalue weighted by Gasteiger charge is 2.15. The number of esters is 1. The molecular formula is C20H18N2O4S2. The Morgan fingerprint density at radius 2 is 1.71 bits per heavy atom. The summed E-state index contributed by atoms with van der Waals surface area (Å²) in [5.74, 6) is -0.597. The van der Waals surface area contributed by atoms with Crippen LogP contribution in [0.4, 0.5) is 5.69 Å². The van der Waals surface area contributed by atoms with E-state index in [1.807, 2.05) is 12.1 Å². The van der Waals surface area contributed by atoms with Crippen molar-refractivity contribution in [2.24, 2.45) is 0 Å². The Balaban J connectivity index is 1.96. The standard InChI is InChI=1S/C20H18N2O4S2/c1-14(23)13-28-17-8-4-2-6-15(17)20(25)26-12-19(24)22-16-7-3-5-9-18(16)27-11-10-21/h2-9H,11-13H2,1H3,(H,22,24). The fraction of sp³-hybridized carbons (Fsp3) is 0.200. The van der Waals surface area contributed by atoms with Gasteiger partial charge in [-0.2, -0.15) is 5.26 Å². The predicted molar refractivity (Wildman–Crippen MR) is 110 cm³/mol. The maximum Gasteiger partial charge on any atom is 0.339 e. The second kappa shape index (κ2) is 11.2. The van der Waals surface area contributed by atoms with Gasteiger partial charge in [0.05, 0.1) is 28.8 Å².